The Hall–Kier alpha value is -2.44. The average Bonchev–Trinajstić information content (AvgIpc) is 3.20. The highest BCUT2D eigenvalue weighted by Crippen LogP contribution is 2.28. The zero-order valence-corrected chi connectivity index (χ0v) is 17.7. The molecule has 0 aliphatic heterocycles. The molecule has 5 nitrogen and oxygen atoms in total. The molecule has 1 aliphatic rings. The number of ether oxygens (including phenoxy) is 1. The Morgan fingerprint density at radius 3 is 2.66 bits per heavy atom. The summed E-state index contributed by atoms with van der Waals surface area (Å²) >= 11 is 7.25. The molecule has 0 bridgehead atoms. The van der Waals surface area contributed by atoms with Crippen LogP contribution in [-0.2, 0) is 17.6 Å². The molecular weight excluding hydrogens is 406 g/mol. The predicted octanol–water partition coefficient (Wildman–Crippen LogP) is 5.53. The Balaban J connectivity index is 1.42. The van der Waals surface area contributed by atoms with Gasteiger partial charge in [0, 0.05) is 10.6 Å². The van der Waals surface area contributed by atoms with E-state index in [0.717, 1.165) is 29.2 Å². The second kappa shape index (κ2) is 8.93. The lowest BCUT2D eigenvalue weighted by Gasteiger charge is -2.20. The van der Waals surface area contributed by atoms with Gasteiger partial charge in [-0.1, -0.05) is 48.1 Å². The number of carbonyl (C=O) groups excluding carboxylic acids is 1. The summed E-state index contributed by atoms with van der Waals surface area (Å²) in [5, 5.41) is 12.9. The Morgan fingerprint density at radius 1 is 1.14 bits per heavy atom. The quantitative estimate of drug-likeness (QED) is 0.561. The second-order valence-corrected chi connectivity index (χ2v) is 8.47. The van der Waals surface area contributed by atoms with Crippen molar-refractivity contribution in [2.24, 2.45) is 0 Å². The zero-order valence-electron chi connectivity index (χ0n) is 16.2. The summed E-state index contributed by atoms with van der Waals surface area (Å²) in [4.78, 5) is 12.7. The minimum Gasteiger partial charge on any atom is -0.481 e. The van der Waals surface area contributed by atoms with E-state index in [4.69, 9.17) is 16.3 Å². The Bertz CT molecular complexity index is 1000. The molecule has 1 atom stereocenters. The van der Waals surface area contributed by atoms with Crippen molar-refractivity contribution in [3.05, 3.63) is 58.6 Å². The Kier molecular flexibility index (Phi) is 6.11. The maximum Gasteiger partial charge on any atom is 0.267 e. The number of nitrogens with one attached hydrogen (secondary N) is 1. The molecule has 0 radical (unpaired) electrons. The molecule has 2 aromatic carbocycles. The molecule has 7 heteroatoms. The maximum absolute atomic E-state index is 12.7. The minimum atomic E-state index is -0.584. The van der Waals surface area contributed by atoms with E-state index in [2.05, 4.69) is 27.6 Å². The Morgan fingerprint density at radius 2 is 1.90 bits per heavy atom. The van der Waals surface area contributed by atoms with Gasteiger partial charge < -0.3 is 4.74 Å². The van der Waals surface area contributed by atoms with Crippen LogP contribution in [0.2, 0.25) is 5.02 Å². The van der Waals surface area contributed by atoms with Gasteiger partial charge in [0.2, 0.25) is 5.13 Å². The predicted molar refractivity (Wildman–Crippen MR) is 117 cm³/mol. The van der Waals surface area contributed by atoms with Gasteiger partial charge in [-0.3, -0.25) is 10.1 Å². The summed E-state index contributed by atoms with van der Waals surface area (Å²) in [6, 6.07) is 13.5. The molecule has 0 unspecified atom stereocenters. The Labute approximate surface area is 179 Å². The van der Waals surface area contributed by atoms with Crippen LogP contribution >= 0.6 is 22.9 Å². The first-order valence-electron chi connectivity index (χ1n) is 9.81. The van der Waals surface area contributed by atoms with E-state index in [1.807, 2.05) is 25.1 Å². The van der Waals surface area contributed by atoms with E-state index in [-0.39, 0.29) is 5.91 Å². The molecule has 29 heavy (non-hydrogen) atoms. The number of benzene rings is 2. The van der Waals surface area contributed by atoms with Crippen molar-refractivity contribution in [3.63, 3.8) is 0 Å². The van der Waals surface area contributed by atoms with Crippen molar-refractivity contribution >= 4 is 34.0 Å². The first-order valence-corrected chi connectivity index (χ1v) is 11.0. The lowest BCUT2D eigenvalue weighted by molar-refractivity contribution is -0.122. The first kappa shape index (κ1) is 19.9. The van der Waals surface area contributed by atoms with Crippen LogP contribution in [-0.4, -0.2) is 22.2 Å². The summed E-state index contributed by atoms with van der Waals surface area (Å²) < 4.78 is 6.00. The lowest BCUT2D eigenvalue weighted by atomic mass is 9.92. The maximum atomic E-state index is 12.7. The largest absolute Gasteiger partial charge is 0.481 e. The fourth-order valence-corrected chi connectivity index (χ4v) is 4.32. The summed E-state index contributed by atoms with van der Waals surface area (Å²) in [5.41, 5.74) is 3.63. The van der Waals surface area contributed by atoms with Gasteiger partial charge in [0.05, 0.1) is 0 Å². The third-order valence-electron chi connectivity index (χ3n) is 5.01. The van der Waals surface area contributed by atoms with Crippen LogP contribution in [0.4, 0.5) is 5.13 Å². The second-order valence-electron chi connectivity index (χ2n) is 7.06. The standard InChI is InChI=1S/C22H22ClN3O2S/c1-2-19(28-18-12-9-14-5-3-4-6-16(14)13-18)20(27)24-22-26-25-21(29-22)15-7-10-17(23)11-8-15/h7-13,19H,2-6H2,1H3,(H,24,26,27)/t19-/m1/s1. The molecule has 1 heterocycles. The first-order chi connectivity index (χ1) is 14.1. The summed E-state index contributed by atoms with van der Waals surface area (Å²) in [6.07, 6.45) is 4.63. The van der Waals surface area contributed by atoms with Crippen molar-refractivity contribution in [2.45, 2.75) is 45.1 Å². The molecule has 0 saturated heterocycles. The fraction of sp³-hybridized carbons (Fsp3) is 0.318. The number of nitrogens with zero attached hydrogens (tertiary/aromatic N) is 2. The number of aromatic nitrogens is 2. The highest BCUT2D eigenvalue weighted by Gasteiger charge is 2.21. The molecule has 4 rings (SSSR count). The number of fused-ring (bicyclic) bond motifs is 1. The van der Waals surface area contributed by atoms with Gasteiger partial charge >= 0.3 is 0 Å². The van der Waals surface area contributed by atoms with Crippen LogP contribution in [0.3, 0.4) is 0 Å². The van der Waals surface area contributed by atoms with Gasteiger partial charge in [-0.05, 0) is 67.5 Å². The summed E-state index contributed by atoms with van der Waals surface area (Å²) in [5.74, 6) is 0.524. The van der Waals surface area contributed by atoms with Crippen LogP contribution < -0.4 is 10.1 Å². The van der Waals surface area contributed by atoms with E-state index in [1.54, 1.807) is 12.1 Å². The molecule has 1 aliphatic carbocycles. The van der Waals surface area contributed by atoms with E-state index >= 15 is 0 Å². The van der Waals surface area contributed by atoms with Crippen LogP contribution in [0.25, 0.3) is 10.6 Å². The zero-order chi connectivity index (χ0) is 20.2. The van der Waals surface area contributed by atoms with Crippen LogP contribution in [0.1, 0.15) is 37.3 Å². The highest BCUT2D eigenvalue weighted by molar-refractivity contribution is 7.18. The number of hydrogen-bond donors (Lipinski definition) is 1. The lowest BCUT2D eigenvalue weighted by Crippen LogP contribution is -2.32. The van der Waals surface area contributed by atoms with Crippen molar-refractivity contribution in [1.29, 1.82) is 0 Å². The minimum absolute atomic E-state index is 0.218. The van der Waals surface area contributed by atoms with Gasteiger partial charge in [0.15, 0.2) is 6.10 Å². The summed E-state index contributed by atoms with van der Waals surface area (Å²) in [7, 11) is 0. The molecule has 3 aromatic rings. The normalized spacial score (nSPS) is 14.1. The molecule has 0 saturated carbocycles. The van der Waals surface area contributed by atoms with Gasteiger partial charge in [-0.15, -0.1) is 10.2 Å². The molecule has 1 N–H and O–H groups in total. The topological polar surface area (TPSA) is 64.1 Å². The molecule has 1 aromatic heterocycles. The van der Waals surface area contributed by atoms with Crippen molar-refractivity contribution in [1.82, 2.24) is 10.2 Å². The van der Waals surface area contributed by atoms with Gasteiger partial charge in [-0.25, -0.2) is 0 Å². The number of hydrogen-bond acceptors (Lipinski definition) is 5. The van der Waals surface area contributed by atoms with E-state index in [0.29, 0.717) is 16.6 Å². The van der Waals surface area contributed by atoms with Crippen LogP contribution in [0, 0.1) is 0 Å². The number of anilines is 1. The number of halogens is 1. The molecular formula is C22H22ClN3O2S. The van der Waals surface area contributed by atoms with E-state index < -0.39 is 6.10 Å². The smallest absolute Gasteiger partial charge is 0.267 e. The number of amides is 1. The molecule has 150 valence electrons. The van der Waals surface area contributed by atoms with E-state index in [1.165, 1.54) is 35.3 Å². The molecule has 0 fully saturated rings. The third-order valence-corrected chi connectivity index (χ3v) is 6.15. The highest BCUT2D eigenvalue weighted by atomic mass is 35.5. The van der Waals surface area contributed by atoms with Crippen molar-refractivity contribution in [2.75, 3.05) is 5.32 Å². The van der Waals surface area contributed by atoms with Gasteiger partial charge in [-0.2, -0.15) is 0 Å². The molecule has 1 amide bonds. The number of carbonyl (C=O) groups is 1. The monoisotopic (exact) mass is 427 g/mol. The van der Waals surface area contributed by atoms with E-state index in [9.17, 15) is 4.79 Å². The van der Waals surface area contributed by atoms with Crippen molar-refractivity contribution < 1.29 is 9.53 Å². The SMILES string of the molecule is CC[C@@H](Oc1ccc2c(c1)CCCC2)C(=O)Nc1nnc(-c2ccc(Cl)cc2)s1. The van der Waals surface area contributed by atoms with Crippen LogP contribution in [0.5, 0.6) is 5.75 Å². The number of rotatable bonds is 6. The van der Waals surface area contributed by atoms with Gasteiger partial charge in [0.1, 0.15) is 10.8 Å². The third kappa shape index (κ3) is 4.77. The fourth-order valence-electron chi connectivity index (χ4n) is 3.44. The molecule has 0 spiro atoms. The van der Waals surface area contributed by atoms with Crippen molar-refractivity contribution in [3.8, 4) is 16.3 Å². The van der Waals surface area contributed by atoms with Gasteiger partial charge in [0.25, 0.3) is 5.91 Å². The number of aryl methyl sites for hydroxylation is 2. The average molecular weight is 428 g/mol. The summed E-state index contributed by atoms with van der Waals surface area (Å²) in [6.45, 7) is 1.93. The van der Waals surface area contributed by atoms with Crippen LogP contribution in [0.15, 0.2) is 42.5 Å².